The predicted molar refractivity (Wildman–Crippen MR) is 87.7 cm³/mol. The highest BCUT2D eigenvalue weighted by atomic mass is 31.2. The summed E-state index contributed by atoms with van der Waals surface area (Å²) in [5.74, 6) is -99.2. The Labute approximate surface area is 228 Å². The van der Waals surface area contributed by atoms with Crippen molar-refractivity contribution >= 4 is 7.82 Å². The Morgan fingerprint density at radius 2 is 0.622 bits per heavy atom. The summed E-state index contributed by atoms with van der Waals surface area (Å²) >= 11 is 0. The molecule has 0 saturated carbocycles. The minimum absolute atomic E-state index is 1.89. The van der Waals surface area contributed by atoms with E-state index < -0.39 is 98.6 Å². The fraction of sp³-hybridized carbons (Fsp3) is 1.00. The first-order chi connectivity index (χ1) is 19.0. The topological polar surface area (TPSA) is 66.8 Å². The molecule has 0 aromatic rings. The van der Waals surface area contributed by atoms with Crippen LogP contribution in [0.5, 0.6) is 0 Å². The molecule has 0 amide bonds. The van der Waals surface area contributed by atoms with Crippen LogP contribution in [0.1, 0.15) is 12.8 Å². The Kier molecular flexibility index (Phi) is 10.8. The second-order valence-electron chi connectivity index (χ2n) is 8.37. The minimum atomic E-state index is -9.66. The third kappa shape index (κ3) is 6.10. The molecule has 0 aliphatic carbocycles. The molecule has 0 aliphatic rings. The van der Waals surface area contributed by atoms with E-state index in [-0.39, 0.29) is 0 Å². The van der Waals surface area contributed by atoms with E-state index in [1.54, 1.807) is 0 Å². The smallest absolute Gasteiger partial charge is 0.303 e. The molecule has 0 aromatic heterocycles. The van der Waals surface area contributed by atoms with Crippen molar-refractivity contribution < 1.29 is 129 Å². The van der Waals surface area contributed by atoms with E-state index in [1.165, 1.54) is 0 Å². The molecule has 0 bridgehead atoms. The molecule has 2 N–H and O–H groups in total. The van der Waals surface area contributed by atoms with E-state index in [2.05, 4.69) is 4.52 Å². The maximum atomic E-state index is 13.7. The number of rotatable bonds is 15. The summed E-state index contributed by atoms with van der Waals surface area (Å²) in [6, 6.07) is 0. The zero-order valence-electron chi connectivity index (χ0n) is 19.7. The van der Waals surface area contributed by atoms with Gasteiger partial charge in [-0.2, -0.15) is 110 Å². The number of phosphoric acid groups is 1. The molecule has 30 heteroatoms. The van der Waals surface area contributed by atoms with Gasteiger partial charge in [0, 0.05) is 6.42 Å². The average Bonchev–Trinajstić information content (AvgIpc) is 2.79. The molecular formula is C15H8F25O4P. The average molecular weight is 758 g/mol. The number of phosphoric ester groups is 1. The largest absolute Gasteiger partial charge is 0.469 e. The third-order valence-corrected chi connectivity index (χ3v) is 5.78. The molecule has 45 heavy (non-hydrogen) atoms. The summed E-state index contributed by atoms with van der Waals surface area (Å²) in [4.78, 5) is 16.4. The number of hydrogen-bond acceptors (Lipinski definition) is 2. The summed E-state index contributed by atoms with van der Waals surface area (Å²) in [5.41, 5.74) is 0. The summed E-state index contributed by atoms with van der Waals surface area (Å²) in [5, 5.41) is 0. The van der Waals surface area contributed by atoms with Crippen LogP contribution < -0.4 is 0 Å². The molecule has 0 rings (SSSR count). The van der Waals surface area contributed by atoms with Crippen LogP contribution in [0, 0.1) is 0 Å². The Bertz CT molecular complexity index is 1100. The fourth-order valence-electron chi connectivity index (χ4n) is 2.62. The lowest BCUT2D eigenvalue weighted by atomic mass is 9.84. The summed E-state index contributed by atoms with van der Waals surface area (Å²) in [6.45, 7) is -1.89. The van der Waals surface area contributed by atoms with Crippen LogP contribution in [0.3, 0.4) is 0 Å². The van der Waals surface area contributed by atoms with Crippen LogP contribution in [-0.4, -0.2) is 87.7 Å². The predicted octanol–water partition coefficient (Wildman–Crippen LogP) is 8.43. The molecule has 0 aromatic carbocycles. The van der Waals surface area contributed by atoms with Crippen molar-refractivity contribution in [1.82, 2.24) is 0 Å². The molecule has 4 nitrogen and oxygen atoms in total. The van der Waals surface area contributed by atoms with Crippen molar-refractivity contribution in [2.75, 3.05) is 6.61 Å². The Hall–Kier alpha value is -1.64. The van der Waals surface area contributed by atoms with Crippen molar-refractivity contribution in [2.45, 2.75) is 84.2 Å². The monoisotopic (exact) mass is 758 g/mol. The Balaban J connectivity index is 7.06. The molecule has 272 valence electrons. The lowest BCUT2D eigenvalue weighted by Crippen LogP contribution is -2.78. The molecule has 0 fully saturated rings. The van der Waals surface area contributed by atoms with Crippen LogP contribution in [0.15, 0.2) is 0 Å². The minimum Gasteiger partial charge on any atom is -0.303 e. The van der Waals surface area contributed by atoms with Crippen LogP contribution in [0.25, 0.3) is 0 Å². The number of halogens is 25. The van der Waals surface area contributed by atoms with E-state index in [4.69, 9.17) is 9.79 Å². The molecule has 0 atom stereocenters. The van der Waals surface area contributed by atoms with Gasteiger partial charge < -0.3 is 9.79 Å². The molecular weight excluding hydrogens is 750 g/mol. The normalized spacial score (nSPS) is 16.8. The van der Waals surface area contributed by atoms with Crippen molar-refractivity contribution in [3.05, 3.63) is 0 Å². The van der Waals surface area contributed by atoms with Crippen LogP contribution in [-0.2, 0) is 9.09 Å². The van der Waals surface area contributed by atoms with Gasteiger partial charge in [0.1, 0.15) is 0 Å². The lowest BCUT2D eigenvalue weighted by molar-refractivity contribution is -0.482. The second kappa shape index (κ2) is 11.2. The lowest BCUT2D eigenvalue weighted by Gasteiger charge is -2.45. The van der Waals surface area contributed by atoms with Gasteiger partial charge in [-0.05, 0) is 6.42 Å². The van der Waals surface area contributed by atoms with E-state index in [9.17, 15) is 114 Å². The zero-order valence-corrected chi connectivity index (χ0v) is 20.6. The maximum Gasteiger partial charge on any atom is 0.469 e. The summed E-state index contributed by atoms with van der Waals surface area (Å²) < 4.78 is 347. The number of alkyl halides is 25. The van der Waals surface area contributed by atoms with Gasteiger partial charge in [-0.25, -0.2) is 4.57 Å². The van der Waals surface area contributed by atoms with Gasteiger partial charge in [0.2, 0.25) is 0 Å². The molecule has 0 saturated heterocycles. The highest BCUT2D eigenvalue weighted by Crippen LogP contribution is 2.67. The third-order valence-electron chi connectivity index (χ3n) is 5.26. The molecule has 0 radical (unpaired) electrons. The fourth-order valence-corrected chi connectivity index (χ4v) is 2.99. The van der Waals surface area contributed by atoms with E-state index in [0.717, 1.165) is 0 Å². The van der Waals surface area contributed by atoms with Crippen molar-refractivity contribution in [2.24, 2.45) is 0 Å². The first-order valence-corrected chi connectivity index (χ1v) is 11.4. The Morgan fingerprint density at radius 1 is 0.400 bits per heavy atom. The molecule has 0 aliphatic heterocycles. The first kappa shape index (κ1) is 43.4. The highest BCUT2D eigenvalue weighted by Gasteiger charge is 2.99. The van der Waals surface area contributed by atoms with Gasteiger partial charge in [0.15, 0.2) is 0 Å². The maximum absolute atomic E-state index is 13.7. The van der Waals surface area contributed by atoms with Crippen molar-refractivity contribution in [1.29, 1.82) is 0 Å². The zero-order chi connectivity index (χ0) is 37.3. The van der Waals surface area contributed by atoms with Crippen molar-refractivity contribution in [3.63, 3.8) is 0 Å². The highest BCUT2D eigenvalue weighted by molar-refractivity contribution is 7.46. The summed E-state index contributed by atoms with van der Waals surface area (Å²) in [7, 11) is -5.67. The SMILES string of the molecule is O=P(O)(O)OCCCC(F)(F)C(F)(F)C(F)(F)C(F)(F)C(F)(F)C(F)(F)C(F)(F)C(F)(F)C(F)(F)C(F)(F)C(F)(F)C(F)(F)F. The standard InChI is InChI=1S/C15H8F25O4P/c16-4(17,2-1-3-44-45(41,42)43)5(18,19)6(20,21)7(22,23)8(24,25)9(26,27)10(28,29)11(30,31)12(32,33)13(34,35)14(36,37)15(38,39)40/h1-3H2,(H2,41,42,43). The van der Waals surface area contributed by atoms with Gasteiger partial charge in [-0.3, -0.25) is 4.52 Å². The van der Waals surface area contributed by atoms with Gasteiger partial charge in [0.25, 0.3) is 0 Å². The van der Waals surface area contributed by atoms with Crippen LogP contribution in [0.2, 0.25) is 0 Å². The van der Waals surface area contributed by atoms with Gasteiger partial charge >= 0.3 is 79.1 Å². The van der Waals surface area contributed by atoms with Crippen LogP contribution >= 0.6 is 7.82 Å². The van der Waals surface area contributed by atoms with E-state index in [1.807, 2.05) is 0 Å². The quantitative estimate of drug-likeness (QED) is 0.100. The van der Waals surface area contributed by atoms with Gasteiger partial charge in [0.05, 0.1) is 6.61 Å². The van der Waals surface area contributed by atoms with E-state index >= 15 is 0 Å². The Morgan fingerprint density at radius 3 is 0.844 bits per heavy atom. The summed E-state index contributed by atoms with van der Waals surface area (Å²) in [6.07, 6.45) is -13.4. The van der Waals surface area contributed by atoms with Gasteiger partial charge in [-0.1, -0.05) is 0 Å². The van der Waals surface area contributed by atoms with Crippen molar-refractivity contribution in [3.8, 4) is 0 Å². The molecule has 0 heterocycles. The molecule has 0 unspecified atom stereocenters. The number of hydrogen-bond donors (Lipinski definition) is 2. The van der Waals surface area contributed by atoms with Crippen LogP contribution in [0.4, 0.5) is 110 Å². The molecule has 0 spiro atoms. The first-order valence-electron chi connectivity index (χ1n) is 9.88. The second-order valence-corrected chi connectivity index (χ2v) is 9.61. The van der Waals surface area contributed by atoms with Gasteiger partial charge in [-0.15, -0.1) is 0 Å². The van der Waals surface area contributed by atoms with E-state index in [0.29, 0.717) is 0 Å².